The van der Waals surface area contributed by atoms with Gasteiger partial charge < -0.3 is 10.1 Å². The molecule has 3 unspecified atom stereocenters. The number of ether oxygens (including phenoxy) is 1. The second-order valence-corrected chi connectivity index (χ2v) is 4.38. The van der Waals surface area contributed by atoms with E-state index in [0.717, 1.165) is 19.4 Å². The summed E-state index contributed by atoms with van der Waals surface area (Å²) in [6.07, 6.45) is 4.50. The van der Waals surface area contributed by atoms with E-state index < -0.39 is 0 Å². The van der Waals surface area contributed by atoms with Crippen LogP contribution in [0.15, 0.2) is 12.2 Å². The fourth-order valence-corrected chi connectivity index (χ4v) is 2.06. The predicted molar refractivity (Wildman–Crippen MR) is 53.8 cm³/mol. The molecule has 1 saturated carbocycles. The highest BCUT2D eigenvalue weighted by molar-refractivity contribution is 5.92. The molecule has 1 saturated heterocycles. The largest absolute Gasteiger partial charge is 0.370 e. The van der Waals surface area contributed by atoms with Crippen molar-refractivity contribution in [1.29, 1.82) is 0 Å². The molecule has 3 heteroatoms. The van der Waals surface area contributed by atoms with Crippen LogP contribution in [0, 0.1) is 5.92 Å². The first-order chi connectivity index (χ1) is 6.66. The molecule has 1 N–H and O–H groups in total. The molecule has 1 aliphatic carbocycles. The second-order valence-electron chi connectivity index (χ2n) is 4.38. The molecule has 0 radical (unpaired) electrons. The number of hydrogen-bond acceptors (Lipinski definition) is 2. The van der Waals surface area contributed by atoms with E-state index in [1.165, 1.54) is 6.42 Å². The van der Waals surface area contributed by atoms with Crippen molar-refractivity contribution in [2.24, 2.45) is 5.92 Å². The number of fused-ring (bicyclic) bond motifs is 1. The summed E-state index contributed by atoms with van der Waals surface area (Å²) in [4.78, 5) is 11.2. The van der Waals surface area contributed by atoms with Gasteiger partial charge in [-0.15, -0.1) is 0 Å². The van der Waals surface area contributed by atoms with E-state index in [9.17, 15) is 4.79 Å². The van der Waals surface area contributed by atoms with E-state index >= 15 is 0 Å². The van der Waals surface area contributed by atoms with Crippen molar-refractivity contribution in [3.63, 3.8) is 0 Å². The molecule has 78 valence electrons. The van der Waals surface area contributed by atoms with Gasteiger partial charge in [-0.2, -0.15) is 0 Å². The van der Waals surface area contributed by atoms with Crippen LogP contribution in [0.5, 0.6) is 0 Å². The minimum Gasteiger partial charge on any atom is -0.370 e. The van der Waals surface area contributed by atoms with E-state index in [4.69, 9.17) is 4.74 Å². The Morgan fingerprint density at radius 2 is 2.29 bits per heavy atom. The van der Waals surface area contributed by atoms with Crippen molar-refractivity contribution in [2.75, 3.05) is 6.54 Å². The molecular weight excluding hydrogens is 178 g/mol. The maximum absolute atomic E-state index is 11.2. The van der Waals surface area contributed by atoms with Crippen molar-refractivity contribution < 1.29 is 9.53 Å². The van der Waals surface area contributed by atoms with E-state index in [-0.39, 0.29) is 5.91 Å². The Bertz CT molecular complexity index is 262. The van der Waals surface area contributed by atoms with Gasteiger partial charge in [0.1, 0.15) is 0 Å². The van der Waals surface area contributed by atoms with Crippen LogP contribution in [-0.2, 0) is 9.53 Å². The smallest absolute Gasteiger partial charge is 0.246 e. The van der Waals surface area contributed by atoms with Crippen LogP contribution in [0.25, 0.3) is 0 Å². The highest BCUT2D eigenvalue weighted by atomic mass is 16.6. The lowest BCUT2D eigenvalue weighted by molar-refractivity contribution is -0.117. The third-order valence-electron chi connectivity index (χ3n) is 3.05. The first kappa shape index (κ1) is 9.71. The Kier molecular flexibility index (Phi) is 2.59. The van der Waals surface area contributed by atoms with Gasteiger partial charge in [-0.05, 0) is 32.1 Å². The summed E-state index contributed by atoms with van der Waals surface area (Å²) in [6, 6.07) is 0. The number of epoxide rings is 1. The molecule has 0 bridgehead atoms. The monoisotopic (exact) mass is 195 g/mol. The van der Waals surface area contributed by atoms with E-state index in [2.05, 4.69) is 11.9 Å². The summed E-state index contributed by atoms with van der Waals surface area (Å²) >= 11 is 0. The summed E-state index contributed by atoms with van der Waals surface area (Å²) < 4.78 is 5.43. The highest BCUT2D eigenvalue weighted by Crippen LogP contribution is 2.38. The number of amides is 1. The highest BCUT2D eigenvalue weighted by Gasteiger charge is 2.43. The molecule has 0 aromatic carbocycles. The zero-order valence-electron chi connectivity index (χ0n) is 8.58. The fourth-order valence-electron chi connectivity index (χ4n) is 2.06. The zero-order valence-corrected chi connectivity index (χ0v) is 8.58. The zero-order chi connectivity index (χ0) is 10.1. The molecule has 3 nitrogen and oxygen atoms in total. The van der Waals surface area contributed by atoms with Gasteiger partial charge >= 0.3 is 0 Å². The molecule has 2 aliphatic rings. The number of carbonyl (C=O) groups excluding carboxylic acids is 1. The third kappa shape index (κ3) is 2.15. The van der Waals surface area contributed by atoms with Gasteiger partial charge in [-0.3, -0.25) is 4.79 Å². The van der Waals surface area contributed by atoms with Crippen molar-refractivity contribution in [1.82, 2.24) is 5.32 Å². The molecule has 2 fully saturated rings. The summed E-state index contributed by atoms with van der Waals surface area (Å²) in [7, 11) is 0. The normalized spacial score (nSPS) is 34.5. The SMILES string of the molecule is C=C(C)C(=O)NCC1CCC2OC2C1. The van der Waals surface area contributed by atoms with Crippen LogP contribution in [0.1, 0.15) is 26.2 Å². The molecule has 1 heterocycles. The lowest BCUT2D eigenvalue weighted by atomic mass is 9.89. The topological polar surface area (TPSA) is 41.6 Å². The molecular formula is C11H17NO2. The maximum Gasteiger partial charge on any atom is 0.246 e. The van der Waals surface area contributed by atoms with Crippen molar-refractivity contribution in [3.05, 3.63) is 12.2 Å². The van der Waals surface area contributed by atoms with Crippen LogP contribution in [0.4, 0.5) is 0 Å². The lowest BCUT2D eigenvalue weighted by Gasteiger charge is -2.19. The maximum atomic E-state index is 11.2. The summed E-state index contributed by atoms with van der Waals surface area (Å²) in [5, 5.41) is 2.90. The molecule has 2 rings (SSSR count). The molecule has 3 atom stereocenters. The van der Waals surface area contributed by atoms with Crippen LogP contribution >= 0.6 is 0 Å². The number of carbonyl (C=O) groups is 1. The van der Waals surface area contributed by atoms with E-state index in [0.29, 0.717) is 23.7 Å². The fraction of sp³-hybridized carbons (Fsp3) is 0.727. The molecule has 0 aromatic rings. The van der Waals surface area contributed by atoms with Gasteiger partial charge in [0.25, 0.3) is 0 Å². The quantitative estimate of drug-likeness (QED) is 0.544. The molecule has 1 aliphatic heterocycles. The van der Waals surface area contributed by atoms with Gasteiger partial charge in [0, 0.05) is 12.1 Å². The molecule has 14 heavy (non-hydrogen) atoms. The molecule has 1 amide bonds. The Morgan fingerprint density at radius 1 is 1.50 bits per heavy atom. The van der Waals surface area contributed by atoms with Crippen LogP contribution in [-0.4, -0.2) is 24.7 Å². The third-order valence-corrected chi connectivity index (χ3v) is 3.05. The van der Waals surface area contributed by atoms with E-state index in [1.807, 2.05) is 0 Å². The van der Waals surface area contributed by atoms with Gasteiger partial charge in [0.15, 0.2) is 0 Å². The van der Waals surface area contributed by atoms with Gasteiger partial charge in [-0.25, -0.2) is 0 Å². The Labute approximate surface area is 84.5 Å². The average molecular weight is 195 g/mol. The Morgan fingerprint density at radius 3 is 2.93 bits per heavy atom. The van der Waals surface area contributed by atoms with E-state index in [1.54, 1.807) is 6.92 Å². The van der Waals surface area contributed by atoms with Crippen molar-refractivity contribution in [3.8, 4) is 0 Å². The van der Waals surface area contributed by atoms with Gasteiger partial charge in [-0.1, -0.05) is 6.58 Å². The summed E-state index contributed by atoms with van der Waals surface area (Å²) in [5.74, 6) is 0.575. The summed E-state index contributed by atoms with van der Waals surface area (Å²) in [5.41, 5.74) is 0.585. The summed E-state index contributed by atoms with van der Waals surface area (Å²) in [6.45, 7) is 6.11. The van der Waals surface area contributed by atoms with Gasteiger partial charge in [0.05, 0.1) is 12.2 Å². The molecule has 0 aromatic heterocycles. The first-order valence-corrected chi connectivity index (χ1v) is 5.26. The Hall–Kier alpha value is -0.830. The number of rotatable bonds is 3. The van der Waals surface area contributed by atoms with Gasteiger partial charge in [0.2, 0.25) is 5.91 Å². The van der Waals surface area contributed by atoms with Crippen LogP contribution in [0.2, 0.25) is 0 Å². The van der Waals surface area contributed by atoms with Crippen LogP contribution < -0.4 is 5.32 Å². The lowest BCUT2D eigenvalue weighted by Crippen LogP contribution is -2.31. The van der Waals surface area contributed by atoms with Crippen LogP contribution in [0.3, 0.4) is 0 Å². The minimum atomic E-state index is -0.0242. The standard InChI is InChI=1S/C11H17NO2/c1-7(2)11(13)12-6-8-3-4-9-10(5-8)14-9/h8-10H,1,3-6H2,2H3,(H,12,13). The predicted octanol–water partition coefficient (Wildman–Crippen LogP) is 1.25. The second kappa shape index (κ2) is 3.73. The minimum absolute atomic E-state index is 0.0242. The first-order valence-electron chi connectivity index (χ1n) is 5.26. The van der Waals surface area contributed by atoms with Crippen molar-refractivity contribution in [2.45, 2.75) is 38.4 Å². The number of hydrogen-bond donors (Lipinski definition) is 1. The Balaban J connectivity index is 1.70. The van der Waals surface area contributed by atoms with Crippen molar-refractivity contribution >= 4 is 5.91 Å². The number of nitrogens with one attached hydrogen (secondary N) is 1. The molecule has 0 spiro atoms. The average Bonchev–Trinajstić information content (AvgIpc) is 2.91.